The van der Waals surface area contributed by atoms with Crippen LogP contribution in [-0.2, 0) is 6.42 Å². The summed E-state index contributed by atoms with van der Waals surface area (Å²) < 4.78 is 11.8. The number of hydrogen-bond acceptors (Lipinski definition) is 2. The molecule has 0 amide bonds. The highest BCUT2D eigenvalue weighted by Gasteiger charge is 2.18. The molecule has 0 saturated heterocycles. The van der Waals surface area contributed by atoms with Gasteiger partial charge in [0.15, 0.2) is 0 Å². The van der Waals surface area contributed by atoms with Crippen LogP contribution in [-0.4, -0.2) is 14.2 Å². The molecule has 2 aromatic rings. The molecule has 0 N–H and O–H groups in total. The molecule has 2 rings (SSSR count). The van der Waals surface area contributed by atoms with Crippen molar-refractivity contribution in [2.75, 3.05) is 14.2 Å². The molecule has 0 bridgehead atoms. The van der Waals surface area contributed by atoms with Gasteiger partial charge in [0.05, 0.1) is 23.5 Å². The van der Waals surface area contributed by atoms with Gasteiger partial charge in [0.25, 0.3) is 0 Å². The average molecular weight is 414 g/mol. The van der Waals surface area contributed by atoms with Crippen molar-refractivity contribution in [2.24, 2.45) is 0 Å². The van der Waals surface area contributed by atoms with Crippen LogP contribution in [0.2, 0.25) is 0 Å². The maximum absolute atomic E-state index is 5.50. The highest BCUT2D eigenvalue weighted by molar-refractivity contribution is 9.10. The van der Waals surface area contributed by atoms with Crippen LogP contribution in [0.15, 0.2) is 40.9 Å². The van der Waals surface area contributed by atoms with Gasteiger partial charge in [0.1, 0.15) is 11.5 Å². The summed E-state index contributed by atoms with van der Waals surface area (Å²) in [5.74, 6) is 1.62. The van der Waals surface area contributed by atoms with Gasteiger partial charge in [-0.2, -0.15) is 0 Å². The Morgan fingerprint density at radius 1 is 1.00 bits per heavy atom. The highest BCUT2D eigenvalue weighted by Crippen LogP contribution is 2.41. The minimum Gasteiger partial charge on any atom is -0.496 e. The molecule has 0 heterocycles. The first-order valence-electron chi connectivity index (χ1n) is 6.75. The van der Waals surface area contributed by atoms with Crippen LogP contribution in [0.1, 0.15) is 28.4 Å². The van der Waals surface area contributed by atoms with Crippen LogP contribution >= 0.6 is 31.9 Å². The summed E-state index contributed by atoms with van der Waals surface area (Å²) in [6.45, 7) is 2.16. The summed E-state index contributed by atoms with van der Waals surface area (Å²) in [6.07, 6.45) is 1.04. The monoisotopic (exact) mass is 412 g/mol. The Bertz CT molecular complexity index is 609. The second kappa shape index (κ2) is 7.32. The van der Waals surface area contributed by atoms with E-state index in [2.05, 4.69) is 63.0 Å². The van der Waals surface area contributed by atoms with Crippen molar-refractivity contribution >= 4 is 31.9 Å². The Morgan fingerprint density at radius 2 is 1.62 bits per heavy atom. The normalized spacial score (nSPS) is 12.0. The fourth-order valence-electron chi connectivity index (χ4n) is 2.18. The van der Waals surface area contributed by atoms with Gasteiger partial charge in [-0.15, -0.1) is 0 Å². The van der Waals surface area contributed by atoms with Crippen LogP contribution in [0.4, 0.5) is 0 Å². The van der Waals surface area contributed by atoms with Crippen molar-refractivity contribution in [3.05, 3.63) is 57.6 Å². The first-order valence-corrected chi connectivity index (χ1v) is 8.45. The van der Waals surface area contributed by atoms with E-state index in [0.717, 1.165) is 28.0 Å². The average Bonchev–Trinajstić information content (AvgIpc) is 2.54. The maximum atomic E-state index is 5.50. The van der Waals surface area contributed by atoms with E-state index in [1.54, 1.807) is 14.2 Å². The molecule has 0 aliphatic rings. The molecule has 0 spiro atoms. The lowest BCUT2D eigenvalue weighted by Gasteiger charge is -2.17. The summed E-state index contributed by atoms with van der Waals surface area (Å²) in [6, 6.07) is 12.5. The molecule has 0 fully saturated rings. The molecule has 0 saturated carbocycles. The SMILES string of the molecule is CCc1ccc(C(Br)c2cc(OC)c(Br)cc2OC)cc1. The molecule has 4 heteroatoms. The van der Waals surface area contributed by atoms with E-state index in [0.29, 0.717) is 0 Å². The van der Waals surface area contributed by atoms with Crippen LogP contribution in [0.5, 0.6) is 11.5 Å². The lowest BCUT2D eigenvalue weighted by Crippen LogP contribution is -1.99. The van der Waals surface area contributed by atoms with Gasteiger partial charge in [0, 0.05) is 5.56 Å². The minimum absolute atomic E-state index is 0.0559. The lowest BCUT2D eigenvalue weighted by atomic mass is 10.0. The van der Waals surface area contributed by atoms with Crippen LogP contribution in [0.25, 0.3) is 0 Å². The van der Waals surface area contributed by atoms with Crippen LogP contribution in [0.3, 0.4) is 0 Å². The van der Waals surface area contributed by atoms with Gasteiger partial charge in [-0.1, -0.05) is 47.1 Å². The van der Waals surface area contributed by atoms with Crippen molar-refractivity contribution in [3.63, 3.8) is 0 Å². The van der Waals surface area contributed by atoms with Gasteiger partial charge in [-0.3, -0.25) is 0 Å². The molecular weight excluding hydrogens is 396 g/mol. The highest BCUT2D eigenvalue weighted by atomic mass is 79.9. The standard InChI is InChI=1S/C17H18Br2O2/c1-4-11-5-7-12(8-6-11)17(19)13-9-16(21-3)14(18)10-15(13)20-2/h5-10,17H,4H2,1-3H3. The van der Waals surface area contributed by atoms with E-state index in [4.69, 9.17) is 9.47 Å². The molecule has 0 aromatic heterocycles. The quantitative estimate of drug-likeness (QED) is 0.601. The third-order valence-corrected chi connectivity index (χ3v) is 5.10. The molecule has 0 aliphatic heterocycles. The summed E-state index contributed by atoms with van der Waals surface area (Å²) in [5, 5.41) is 0. The molecule has 1 atom stereocenters. The Hall–Kier alpha value is -1.00. The zero-order chi connectivity index (χ0) is 15.4. The van der Waals surface area contributed by atoms with Gasteiger partial charge in [-0.05, 0) is 45.6 Å². The van der Waals surface area contributed by atoms with E-state index in [9.17, 15) is 0 Å². The van der Waals surface area contributed by atoms with E-state index in [1.807, 2.05) is 12.1 Å². The molecular formula is C17H18Br2O2. The van der Waals surface area contributed by atoms with Crippen molar-refractivity contribution in [3.8, 4) is 11.5 Å². The van der Waals surface area contributed by atoms with Crippen molar-refractivity contribution < 1.29 is 9.47 Å². The summed E-state index contributed by atoms with van der Waals surface area (Å²) in [5.41, 5.74) is 3.57. The van der Waals surface area contributed by atoms with Crippen LogP contribution < -0.4 is 9.47 Å². The summed E-state index contributed by atoms with van der Waals surface area (Å²) in [7, 11) is 3.34. The Labute approximate surface area is 142 Å². The number of aryl methyl sites for hydroxylation is 1. The Kier molecular flexibility index (Phi) is 5.71. The largest absolute Gasteiger partial charge is 0.496 e. The smallest absolute Gasteiger partial charge is 0.133 e. The number of benzene rings is 2. The second-order valence-electron chi connectivity index (χ2n) is 4.69. The second-order valence-corrected chi connectivity index (χ2v) is 6.46. The minimum atomic E-state index is 0.0559. The molecule has 0 aliphatic carbocycles. The topological polar surface area (TPSA) is 18.5 Å². The van der Waals surface area contributed by atoms with E-state index >= 15 is 0 Å². The number of ether oxygens (including phenoxy) is 2. The Balaban J connectivity index is 2.43. The zero-order valence-electron chi connectivity index (χ0n) is 12.3. The first kappa shape index (κ1) is 16.4. The van der Waals surface area contributed by atoms with Gasteiger partial charge < -0.3 is 9.47 Å². The Morgan fingerprint density at radius 3 is 2.14 bits per heavy atom. The molecule has 112 valence electrons. The van der Waals surface area contributed by atoms with Gasteiger partial charge in [0.2, 0.25) is 0 Å². The predicted molar refractivity (Wildman–Crippen MR) is 93.8 cm³/mol. The summed E-state index contributed by atoms with van der Waals surface area (Å²) >= 11 is 7.26. The van der Waals surface area contributed by atoms with Gasteiger partial charge in [-0.25, -0.2) is 0 Å². The number of methoxy groups -OCH3 is 2. The molecule has 0 radical (unpaired) electrons. The van der Waals surface area contributed by atoms with E-state index < -0.39 is 0 Å². The van der Waals surface area contributed by atoms with E-state index in [1.165, 1.54) is 11.1 Å². The maximum Gasteiger partial charge on any atom is 0.133 e. The number of halogens is 2. The van der Waals surface area contributed by atoms with Crippen LogP contribution in [0, 0.1) is 0 Å². The first-order chi connectivity index (χ1) is 10.1. The van der Waals surface area contributed by atoms with E-state index in [-0.39, 0.29) is 4.83 Å². The van der Waals surface area contributed by atoms with Crippen molar-refractivity contribution in [1.82, 2.24) is 0 Å². The third-order valence-electron chi connectivity index (χ3n) is 3.46. The number of rotatable bonds is 5. The number of hydrogen-bond donors (Lipinski definition) is 0. The number of alkyl halides is 1. The fraction of sp³-hybridized carbons (Fsp3) is 0.294. The third kappa shape index (κ3) is 3.61. The molecule has 2 nitrogen and oxygen atoms in total. The molecule has 2 aromatic carbocycles. The van der Waals surface area contributed by atoms with Gasteiger partial charge >= 0.3 is 0 Å². The summed E-state index contributed by atoms with van der Waals surface area (Å²) in [4.78, 5) is 0.0559. The zero-order valence-corrected chi connectivity index (χ0v) is 15.5. The van der Waals surface area contributed by atoms with Crippen molar-refractivity contribution in [2.45, 2.75) is 18.2 Å². The predicted octanol–water partition coefficient (Wildman–Crippen LogP) is 5.51. The fourth-order valence-corrected chi connectivity index (χ4v) is 3.33. The molecule has 1 unspecified atom stereocenters. The van der Waals surface area contributed by atoms with Crippen molar-refractivity contribution in [1.29, 1.82) is 0 Å². The molecule has 21 heavy (non-hydrogen) atoms. The lowest BCUT2D eigenvalue weighted by molar-refractivity contribution is 0.397.